The molecule has 0 amide bonds. The van der Waals surface area contributed by atoms with E-state index < -0.39 is 0 Å². The second-order valence-electron chi connectivity index (χ2n) is 8.99. The van der Waals surface area contributed by atoms with Gasteiger partial charge in [-0.1, -0.05) is 19.6 Å². The summed E-state index contributed by atoms with van der Waals surface area (Å²) in [6.45, 7) is 14.5. The van der Waals surface area contributed by atoms with Crippen LogP contribution in [0.25, 0.3) is 29.9 Å². The maximum atomic E-state index is 12.9. The number of fused-ring (bicyclic) bond motifs is 5. The average molecular weight is 439 g/mol. The van der Waals surface area contributed by atoms with Crippen LogP contribution >= 0.6 is 0 Å². The van der Waals surface area contributed by atoms with Gasteiger partial charge in [0.25, 0.3) is 0 Å². The molecule has 5 heteroatoms. The highest BCUT2D eigenvalue weighted by atomic mass is 16.1. The number of hydrogen-bond donors (Lipinski definition) is 4. The van der Waals surface area contributed by atoms with Crippen LogP contribution < -0.4 is 16.0 Å². The largest absolute Gasteiger partial charge is 0.365 e. The third-order valence-corrected chi connectivity index (χ3v) is 7.16. The van der Waals surface area contributed by atoms with E-state index >= 15 is 0 Å². The van der Waals surface area contributed by atoms with E-state index in [0.29, 0.717) is 6.42 Å². The molecule has 1 aliphatic heterocycles. The van der Waals surface area contributed by atoms with Crippen molar-refractivity contribution in [1.29, 1.82) is 0 Å². The Morgan fingerprint density at radius 1 is 0.939 bits per heavy atom. The summed E-state index contributed by atoms with van der Waals surface area (Å²) in [7, 11) is 0. The summed E-state index contributed by atoms with van der Waals surface area (Å²) in [5.41, 5.74) is 12.6. The van der Waals surface area contributed by atoms with Crippen LogP contribution in [0.5, 0.6) is 0 Å². The van der Waals surface area contributed by atoms with Gasteiger partial charge in [-0.2, -0.15) is 0 Å². The number of aromatic nitrogens is 3. The maximum Gasteiger partial charge on any atom is 0.169 e. The van der Waals surface area contributed by atoms with E-state index in [1.165, 1.54) is 11.1 Å². The quantitative estimate of drug-likeness (QED) is 0.480. The lowest BCUT2D eigenvalue weighted by Crippen LogP contribution is -2.12. The first-order valence-electron chi connectivity index (χ1n) is 11.5. The molecule has 1 aliphatic carbocycles. The molecule has 0 unspecified atom stereocenters. The molecule has 4 N–H and O–H groups in total. The van der Waals surface area contributed by atoms with Gasteiger partial charge in [-0.25, -0.2) is 0 Å². The Hall–Kier alpha value is -3.73. The van der Waals surface area contributed by atoms with E-state index in [2.05, 4.69) is 59.8 Å². The van der Waals surface area contributed by atoms with E-state index in [1.807, 2.05) is 32.2 Å². The summed E-state index contributed by atoms with van der Waals surface area (Å²) in [6, 6.07) is 0. The van der Waals surface area contributed by atoms with Gasteiger partial charge < -0.3 is 20.3 Å². The summed E-state index contributed by atoms with van der Waals surface area (Å²) in [5.74, 6) is 0.174. The predicted octanol–water partition coefficient (Wildman–Crippen LogP) is 4.35. The Labute approximate surface area is 193 Å². The van der Waals surface area contributed by atoms with E-state index in [9.17, 15) is 4.79 Å². The Morgan fingerprint density at radius 2 is 1.70 bits per heavy atom. The maximum absolute atomic E-state index is 12.9. The minimum atomic E-state index is 0.174. The van der Waals surface area contributed by atoms with Crippen molar-refractivity contribution in [3.63, 3.8) is 0 Å². The summed E-state index contributed by atoms with van der Waals surface area (Å²) in [5, 5.41) is 5.54. The highest BCUT2D eigenvalue weighted by molar-refractivity contribution is 6.13. The average Bonchev–Trinajstić information content (AvgIpc) is 3.46. The summed E-state index contributed by atoms with van der Waals surface area (Å²) >= 11 is 0. The second kappa shape index (κ2) is 7.69. The summed E-state index contributed by atoms with van der Waals surface area (Å²) in [4.78, 5) is 23.6. The van der Waals surface area contributed by atoms with Crippen LogP contribution in [0.15, 0.2) is 18.5 Å². The van der Waals surface area contributed by atoms with Crippen molar-refractivity contribution in [2.45, 2.75) is 47.5 Å². The van der Waals surface area contributed by atoms with Crippen LogP contribution in [0.2, 0.25) is 0 Å². The van der Waals surface area contributed by atoms with Crippen LogP contribution in [0.1, 0.15) is 81.2 Å². The van der Waals surface area contributed by atoms with Gasteiger partial charge in [0.2, 0.25) is 0 Å². The molecule has 0 spiro atoms. The minimum absolute atomic E-state index is 0.174. The lowest BCUT2D eigenvalue weighted by molar-refractivity contribution is 0.100. The van der Waals surface area contributed by atoms with Crippen LogP contribution in [-0.4, -0.2) is 20.7 Å². The van der Waals surface area contributed by atoms with Crippen molar-refractivity contribution in [3.05, 3.63) is 85.3 Å². The van der Waals surface area contributed by atoms with Crippen molar-refractivity contribution in [2.24, 2.45) is 0 Å². The molecule has 0 fully saturated rings. The molecule has 0 radical (unpaired) electrons. The number of carbonyl (C=O) groups is 1. The molecule has 168 valence electrons. The second-order valence-corrected chi connectivity index (χ2v) is 8.99. The molecular formula is C28H30N4O. The van der Waals surface area contributed by atoms with Gasteiger partial charge in [-0.05, 0) is 74.6 Å². The molecule has 4 heterocycles. The van der Waals surface area contributed by atoms with Crippen LogP contribution in [0.3, 0.4) is 0 Å². The summed E-state index contributed by atoms with van der Waals surface area (Å²) < 4.78 is 0. The number of aromatic amines is 3. The first-order chi connectivity index (χ1) is 15.8. The Bertz CT molecular complexity index is 1510. The van der Waals surface area contributed by atoms with Gasteiger partial charge in [0, 0.05) is 62.8 Å². The zero-order valence-corrected chi connectivity index (χ0v) is 19.9. The van der Waals surface area contributed by atoms with Crippen molar-refractivity contribution in [1.82, 2.24) is 20.3 Å². The van der Waals surface area contributed by atoms with Crippen molar-refractivity contribution < 1.29 is 4.79 Å². The smallest absolute Gasteiger partial charge is 0.169 e. The van der Waals surface area contributed by atoms with Crippen LogP contribution in [-0.2, 0) is 6.42 Å². The monoisotopic (exact) mass is 438 g/mol. The third kappa shape index (κ3) is 3.18. The number of nitrogens with one attached hydrogen (secondary N) is 4. The third-order valence-electron chi connectivity index (χ3n) is 7.16. The van der Waals surface area contributed by atoms with E-state index in [-0.39, 0.29) is 5.78 Å². The van der Waals surface area contributed by atoms with Crippen molar-refractivity contribution in [2.75, 3.05) is 0 Å². The zero-order chi connectivity index (χ0) is 23.4. The van der Waals surface area contributed by atoms with Gasteiger partial charge >= 0.3 is 0 Å². The molecule has 5 rings (SSSR count). The van der Waals surface area contributed by atoms with Crippen LogP contribution in [0.4, 0.5) is 0 Å². The Kier molecular flexibility index (Phi) is 4.93. The lowest BCUT2D eigenvalue weighted by Gasteiger charge is -2.06. The van der Waals surface area contributed by atoms with E-state index in [4.69, 9.17) is 0 Å². The topological polar surface area (TPSA) is 76.5 Å². The predicted molar refractivity (Wildman–Crippen MR) is 136 cm³/mol. The first kappa shape index (κ1) is 21.1. The first-order valence-corrected chi connectivity index (χ1v) is 11.5. The molecule has 3 aromatic rings. The molecule has 0 atom stereocenters. The van der Waals surface area contributed by atoms with Crippen molar-refractivity contribution in [3.8, 4) is 0 Å². The molecule has 2 aliphatic rings. The van der Waals surface area contributed by atoms with E-state index in [0.717, 1.165) is 73.4 Å². The minimum Gasteiger partial charge on any atom is -0.365 e. The number of H-pyrrole nitrogens is 3. The highest BCUT2D eigenvalue weighted by Gasteiger charge is 2.31. The number of ketones is 1. The number of Topliss-reactive ketones (excluding diaryl/α,β-unsaturated/α-hetero) is 1. The molecule has 6 bridgehead atoms. The zero-order valence-electron chi connectivity index (χ0n) is 19.9. The van der Waals surface area contributed by atoms with Crippen LogP contribution in [0, 0.1) is 20.8 Å². The summed E-state index contributed by atoms with van der Waals surface area (Å²) in [6.07, 6.45) is 11.5. The Balaban J connectivity index is 1.86. The van der Waals surface area contributed by atoms with Gasteiger partial charge in [-0.3, -0.25) is 4.79 Å². The fourth-order valence-corrected chi connectivity index (χ4v) is 5.21. The normalized spacial score (nSPS) is 20.1. The van der Waals surface area contributed by atoms with Gasteiger partial charge in [0.05, 0.1) is 5.69 Å². The Morgan fingerprint density at radius 3 is 2.42 bits per heavy atom. The van der Waals surface area contributed by atoms with Crippen molar-refractivity contribution >= 4 is 35.7 Å². The standard InChI is InChI=1S/C28H30N4O/c1-7-18-14(3)21-9-10-29-17(6)20-11-26(33)27-16(5)23(32-28(20)27)13-25-19(8-2)15(4)22(31-25)12-24(18)30-21/h7,9-10,12-13,29-32H,1,8,11H2,2-6H3/b10-9-,20-17-,22-12-,25-13-. The number of carbonyl (C=O) groups excluding carboxylic acids is 1. The van der Waals surface area contributed by atoms with Gasteiger partial charge in [0.1, 0.15) is 0 Å². The number of rotatable bonds is 2. The SMILES string of the molecule is C=Cc1c2[nH]c(c1C)/C=C\N/C(C)=C1/CC(=O)c3c1[nH]c(c3C)/C=c1\[nH]/c(c(C)c1CC)=C\2. The number of allylic oxidation sites excluding steroid dienone is 2. The fraction of sp³-hybridized carbons (Fsp3) is 0.250. The van der Waals surface area contributed by atoms with E-state index in [1.54, 1.807) is 0 Å². The molecular weight excluding hydrogens is 408 g/mol. The number of hydrogen-bond acceptors (Lipinski definition) is 2. The fourth-order valence-electron chi connectivity index (χ4n) is 5.21. The molecule has 0 aromatic carbocycles. The van der Waals surface area contributed by atoms with Gasteiger partial charge in [-0.15, -0.1) is 0 Å². The lowest BCUT2D eigenvalue weighted by atomic mass is 10.1. The molecule has 0 saturated heterocycles. The molecule has 5 nitrogen and oxygen atoms in total. The highest BCUT2D eigenvalue weighted by Crippen LogP contribution is 2.37. The molecule has 3 aromatic heterocycles. The van der Waals surface area contributed by atoms with Gasteiger partial charge in [0.15, 0.2) is 5.78 Å². The molecule has 33 heavy (non-hydrogen) atoms. The molecule has 0 saturated carbocycles.